The highest BCUT2D eigenvalue weighted by Crippen LogP contribution is 2.38. The quantitative estimate of drug-likeness (QED) is 0.687. The van der Waals surface area contributed by atoms with Gasteiger partial charge in [-0.2, -0.15) is 0 Å². The van der Waals surface area contributed by atoms with E-state index in [-0.39, 0.29) is 0 Å². The molecule has 0 aliphatic heterocycles. The molecule has 0 fully saturated rings. The second kappa shape index (κ2) is 4.77. The van der Waals surface area contributed by atoms with Crippen molar-refractivity contribution < 1.29 is 24.8 Å². The molecule has 0 saturated carbocycles. The Bertz CT molecular complexity index is 359. The molecule has 0 spiro atoms. The number of quaternary nitrogens is 1. The monoisotopic (exact) mass is 230 g/mol. The van der Waals surface area contributed by atoms with E-state index in [1.54, 1.807) is 12.1 Å². The van der Waals surface area contributed by atoms with Crippen LogP contribution in [0.25, 0.3) is 0 Å². The first-order chi connectivity index (χ1) is 6.95. The van der Waals surface area contributed by atoms with Crippen LogP contribution in [-0.4, -0.2) is 6.61 Å². The lowest BCUT2D eigenvalue weighted by Gasteiger charge is -2.32. The Morgan fingerprint density at radius 1 is 1.40 bits per heavy atom. The van der Waals surface area contributed by atoms with E-state index >= 15 is 0 Å². The average Bonchev–Trinajstić information content (AvgIpc) is 2.17. The summed E-state index contributed by atoms with van der Waals surface area (Å²) in [7, 11) is -4.66. The third-order valence-corrected chi connectivity index (χ3v) is 3.02. The van der Waals surface area contributed by atoms with Crippen molar-refractivity contribution >= 4 is 7.60 Å². The van der Waals surface area contributed by atoms with Crippen LogP contribution in [0.3, 0.4) is 0 Å². The highest BCUT2D eigenvalue weighted by atomic mass is 31.2. The lowest BCUT2D eigenvalue weighted by atomic mass is 10.2. The normalized spacial score (nSPS) is 13.6. The van der Waals surface area contributed by atoms with Crippen molar-refractivity contribution in [3.05, 3.63) is 29.8 Å². The number of rotatable bonds is 4. The van der Waals surface area contributed by atoms with Gasteiger partial charge in [-0.1, -0.05) is 0 Å². The fraction of sp³-hybridized carbons (Fsp3) is 0.333. The molecule has 1 rings (SSSR count). The zero-order valence-electron chi connectivity index (χ0n) is 8.38. The smallest absolute Gasteiger partial charge is 0.135 e. The molecule has 0 saturated heterocycles. The highest BCUT2D eigenvalue weighted by Gasteiger charge is 2.13. The molecule has 84 valence electrons. The molecule has 0 aromatic heterocycles. The Kier molecular flexibility index (Phi) is 3.88. The fourth-order valence-electron chi connectivity index (χ4n) is 1.14. The number of ether oxygens (including phenoxy) is 1. The maximum Gasteiger partial charge on any atom is 0.135 e. The van der Waals surface area contributed by atoms with Gasteiger partial charge in [0.05, 0.1) is 6.61 Å². The summed E-state index contributed by atoms with van der Waals surface area (Å²) in [5.41, 5.74) is 3.71. The lowest BCUT2D eigenvalue weighted by molar-refractivity contribution is -0.434. The summed E-state index contributed by atoms with van der Waals surface area (Å²) >= 11 is 0. The Balaban J connectivity index is 2.84. The van der Waals surface area contributed by atoms with Crippen molar-refractivity contribution in [2.75, 3.05) is 6.61 Å². The summed E-state index contributed by atoms with van der Waals surface area (Å²) in [6.45, 7) is 2.39. The predicted octanol–water partition coefficient (Wildman–Crippen LogP) is -0.760. The van der Waals surface area contributed by atoms with Gasteiger partial charge < -0.3 is 24.8 Å². The van der Waals surface area contributed by atoms with E-state index in [9.17, 15) is 14.4 Å². The SMILES string of the molecule is CCOc1ccc([C@@H]([NH3+])P(=O)([O-])[O-])cc1. The Hall–Kier alpha value is -0.870. The summed E-state index contributed by atoms with van der Waals surface area (Å²) in [6.07, 6.45) is 0. The van der Waals surface area contributed by atoms with Crippen LogP contribution in [0.15, 0.2) is 24.3 Å². The van der Waals surface area contributed by atoms with Crippen LogP contribution >= 0.6 is 7.60 Å². The summed E-state index contributed by atoms with van der Waals surface area (Å²) < 4.78 is 15.9. The maximum absolute atomic E-state index is 10.7. The molecule has 0 aliphatic carbocycles. The molecule has 1 aromatic rings. The van der Waals surface area contributed by atoms with Gasteiger partial charge in [0.25, 0.3) is 0 Å². The van der Waals surface area contributed by atoms with E-state index < -0.39 is 13.4 Å². The molecule has 1 aromatic carbocycles. The first kappa shape index (κ1) is 12.2. The Morgan fingerprint density at radius 3 is 2.33 bits per heavy atom. The molecular formula is C9H13NO4P-. The second-order valence-corrected chi connectivity index (χ2v) is 4.76. The minimum Gasteiger partial charge on any atom is -0.806 e. The van der Waals surface area contributed by atoms with Crippen molar-refractivity contribution in [1.29, 1.82) is 0 Å². The Morgan fingerprint density at radius 2 is 1.93 bits per heavy atom. The second-order valence-electron chi connectivity index (χ2n) is 3.06. The van der Waals surface area contributed by atoms with Gasteiger partial charge in [0.2, 0.25) is 0 Å². The van der Waals surface area contributed by atoms with Crippen molar-refractivity contribution in [3.8, 4) is 5.75 Å². The third-order valence-electron chi connectivity index (χ3n) is 1.96. The summed E-state index contributed by atoms with van der Waals surface area (Å²) in [4.78, 5) is 21.4. The minimum absolute atomic E-state index is 0.381. The van der Waals surface area contributed by atoms with Gasteiger partial charge in [-0.3, -0.25) is 0 Å². The van der Waals surface area contributed by atoms with Crippen LogP contribution in [0.5, 0.6) is 5.75 Å². The molecule has 0 amide bonds. The molecule has 0 bridgehead atoms. The van der Waals surface area contributed by atoms with Gasteiger partial charge in [0, 0.05) is 5.56 Å². The summed E-state index contributed by atoms with van der Waals surface area (Å²) in [6, 6.07) is 6.30. The largest absolute Gasteiger partial charge is 0.806 e. The number of hydrogen-bond acceptors (Lipinski definition) is 4. The van der Waals surface area contributed by atoms with Crippen LogP contribution in [0.1, 0.15) is 18.3 Å². The zero-order chi connectivity index (χ0) is 11.5. The van der Waals surface area contributed by atoms with E-state index in [1.807, 2.05) is 6.92 Å². The van der Waals surface area contributed by atoms with Gasteiger partial charge in [-0.15, -0.1) is 0 Å². The van der Waals surface area contributed by atoms with Crippen molar-refractivity contribution in [1.82, 2.24) is 0 Å². The number of benzene rings is 1. The van der Waals surface area contributed by atoms with Crippen LogP contribution in [0.4, 0.5) is 0 Å². The van der Waals surface area contributed by atoms with E-state index in [0.29, 0.717) is 17.9 Å². The molecule has 0 unspecified atom stereocenters. The molecule has 0 radical (unpaired) electrons. The van der Waals surface area contributed by atoms with Gasteiger partial charge >= 0.3 is 0 Å². The summed E-state index contributed by atoms with van der Waals surface area (Å²) in [5.74, 6) is -0.603. The molecular weight excluding hydrogens is 217 g/mol. The van der Waals surface area contributed by atoms with E-state index in [2.05, 4.69) is 5.73 Å². The number of hydrogen-bond donors (Lipinski definition) is 1. The van der Waals surface area contributed by atoms with Crippen LogP contribution in [-0.2, 0) is 4.57 Å². The van der Waals surface area contributed by atoms with Gasteiger partial charge in [0.1, 0.15) is 11.5 Å². The molecule has 6 heteroatoms. The molecule has 5 nitrogen and oxygen atoms in total. The van der Waals surface area contributed by atoms with E-state index in [0.717, 1.165) is 0 Å². The van der Waals surface area contributed by atoms with E-state index in [1.165, 1.54) is 12.1 Å². The first-order valence-corrected chi connectivity index (χ1v) is 6.14. The minimum atomic E-state index is -4.66. The molecule has 0 heterocycles. The fourth-order valence-corrected chi connectivity index (χ4v) is 1.67. The lowest BCUT2D eigenvalue weighted by Crippen LogP contribution is -2.56. The summed E-state index contributed by atoms with van der Waals surface area (Å²) in [5, 5.41) is 0. The van der Waals surface area contributed by atoms with Gasteiger partial charge in [-0.25, -0.2) is 0 Å². The van der Waals surface area contributed by atoms with Crippen molar-refractivity contribution in [2.24, 2.45) is 0 Å². The van der Waals surface area contributed by atoms with Crippen LogP contribution in [0.2, 0.25) is 0 Å². The predicted molar refractivity (Wildman–Crippen MR) is 50.8 cm³/mol. The van der Waals surface area contributed by atoms with Gasteiger partial charge in [-0.05, 0) is 38.8 Å². The molecule has 1 atom stereocenters. The standard InChI is InChI=1S/C9H14NO4P/c1-2-14-8-5-3-7(4-6-8)9(10)15(11,12)13/h3-6,9H,2,10H2,1H3,(H2,11,12,13)/p-1/t9-/m0/s1. The molecule has 15 heavy (non-hydrogen) atoms. The average molecular weight is 230 g/mol. The third kappa shape index (κ3) is 3.32. The Labute approximate surface area is 88.0 Å². The van der Waals surface area contributed by atoms with Crippen LogP contribution in [0, 0.1) is 0 Å². The van der Waals surface area contributed by atoms with Crippen molar-refractivity contribution in [2.45, 2.75) is 12.7 Å². The first-order valence-electron chi connectivity index (χ1n) is 4.52. The van der Waals surface area contributed by atoms with E-state index in [4.69, 9.17) is 4.74 Å². The topological polar surface area (TPSA) is 100 Å². The zero-order valence-corrected chi connectivity index (χ0v) is 9.28. The molecule has 0 aliphatic rings. The highest BCUT2D eigenvalue weighted by molar-refractivity contribution is 7.48. The maximum atomic E-state index is 10.7. The van der Waals surface area contributed by atoms with Gasteiger partial charge in [0.15, 0.2) is 0 Å². The van der Waals surface area contributed by atoms with Crippen LogP contribution < -0.4 is 20.3 Å². The molecule has 3 N–H and O–H groups in total. The van der Waals surface area contributed by atoms with Crippen molar-refractivity contribution in [3.63, 3.8) is 0 Å².